The van der Waals surface area contributed by atoms with Crippen molar-refractivity contribution in [3.63, 3.8) is 0 Å². The highest BCUT2D eigenvalue weighted by atomic mass is 32.2. The third kappa shape index (κ3) is 8.14. The maximum Gasteiger partial charge on any atom is 0.309 e. The smallest absolute Gasteiger partial charge is 0.309 e. The molecular formula is C13H25NO5S. The average molecular weight is 307 g/mol. The summed E-state index contributed by atoms with van der Waals surface area (Å²) < 4.78 is 23.3. The van der Waals surface area contributed by atoms with Crippen LogP contribution in [-0.4, -0.2) is 43.5 Å². The number of sulfone groups is 1. The van der Waals surface area contributed by atoms with Crippen molar-refractivity contribution >= 4 is 21.7 Å². The van der Waals surface area contributed by atoms with Gasteiger partial charge in [-0.25, -0.2) is 8.42 Å². The topological polar surface area (TPSA) is 101 Å². The van der Waals surface area contributed by atoms with Gasteiger partial charge in [-0.05, 0) is 26.7 Å². The first-order valence-electron chi connectivity index (χ1n) is 6.81. The second-order valence-electron chi connectivity index (χ2n) is 5.59. The van der Waals surface area contributed by atoms with Gasteiger partial charge in [0.1, 0.15) is 5.75 Å². The Morgan fingerprint density at radius 3 is 2.30 bits per heavy atom. The Labute approximate surface area is 120 Å². The first kappa shape index (κ1) is 18.9. The SMILES string of the molecule is CCCCCS(=O)(=O)CC(=O)NCCC(C)(C)C(=O)O. The lowest BCUT2D eigenvalue weighted by Gasteiger charge is -2.18. The molecule has 0 aliphatic carbocycles. The van der Waals surface area contributed by atoms with Gasteiger partial charge in [0, 0.05) is 6.54 Å². The quantitative estimate of drug-likeness (QED) is 0.591. The Bertz CT molecular complexity index is 428. The van der Waals surface area contributed by atoms with E-state index >= 15 is 0 Å². The fourth-order valence-corrected chi connectivity index (χ4v) is 2.81. The molecule has 6 nitrogen and oxygen atoms in total. The average Bonchev–Trinajstić information content (AvgIpc) is 2.27. The molecule has 0 rings (SSSR count). The molecule has 0 unspecified atom stereocenters. The van der Waals surface area contributed by atoms with E-state index in [1.807, 2.05) is 6.92 Å². The van der Waals surface area contributed by atoms with Gasteiger partial charge in [0.15, 0.2) is 9.84 Å². The zero-order chi connectivity index (χ0) is 15.8. The number of rotatable bonds is 10. The molecule has 7 heteroatoms. The first-order valence-corrected chi connectivity index (χ1v) is 8.63. The molecule has 0 fully saturated rings. The molecule has 1 amide bonds. The van der Waals surface area contributed by atoms with Gasteiger partial charge in [-0.1, -0.05) is 19.8 Å². The van der Waals surface area contributed by atoms with Crippen LogP contribution in [0.2, 0.25) is 0 Å². The van der Waals surface area contributed by atoms with Gasteiger partial charge in [0.05, 0.1) is 11.2 Å². The maximum atomic E-state index is 11.6. The van der Waals surface area contributed by atoms with Crippen LogP contribution in [0.15, 0.2) is 0 Å². The van der Waals surface area contributed by atoms with Crippen LogP contribution in [-0.2, 0) is 19.4 Å². The molecule has 20 heavy (non-hydrogen) atoms. The van der Waals surface area contributed by atoms with Crippen LogP contribution in [0.1, 0.15) is 46.5 Å². The molecule has 0 aliphatic heterocycles. The monoisotopic (exact) mass is 307 g/mol. The number of amides is 1. The summed E-state index contributed by atoms with van der Waals surface area (Å²) in [5.74, 6) is -2.01. The van der Waals surface area contributed by atoms with Crippen molar-refractivity contribution in [3.8, 4) is 0 Å². The molecule has 0 aromatic carbocycles. The van der Waals surface area contributed by atoms with Crippen molar-refractivity contribution in [2.75, 3.05) is 18.1 Å². The highest BCUT2D eigenvalue weighted by Gasteiger charge is 2.26. The molecular weight excluding hydrogens is 282 g/mol. The summed E-state index contributed by atoms with van der Waals surface area (Å²) in [6.45, 7) is 5.25. The minimum Gasteiger partial charge on any atom is -0.481 e. The molecule has 0 aliphatic rings. The van der Waals surface area contributed by atoms with Crippen molar-refractivity contribution in [1.29, 1.82) is 0 Å². The Morgan fingerprint density at radius 1 is 1.20 bits per heavy atom. The van der Waals surface area contributed by atoms with Crippen molar-refractivity contribution in [2.45, 2.75) is 46.5 Å². The van der Waals surface area contributed by atoms with E-state index in [9.17, 15) is 18.0 Å². The molecule has 0 saturated carbocycles. The number of carboxylic acids is 1. The molecule has 0 aromatic rings. The van der Waals surface area contributed by atoms with Crippen LogP contribution in [0.3, 0.4) is 0 Å². The van der Waals surface area contributed by atoms with Crippen LogP contribution in [0.4, 0.5) is 0 Å². The Hall–Kier alpha value is -1.11. The third-order valence-electron chi connectivity index (χ3n) is 3.06. The van der Waals surface area contributed by atoms with Gasteiger partial charge >= 0.3 is 5.97 Å². The Kier molecular flexibility index (Phi) is 7.78. The van der Waals surface area contributed by atoms with Crippen molar-refractivity contribution < 1.29 is 23.1 Å². The largest absolute Gasteiger partial charge is 0.481 e. The summed E-state index contributed by atoms with van der Waals surface area (Å²) in [5.41, 5.74) is -0.937. The Morgan fingerprint density at radius 2 is 1.80 bits per heavy atom. The highest BCUT2D eigenvalue weighted by molar-refractivity contribution is 7.92. The predicted molar refractivity (Wildman–Crippen MR) is 77.2 cm³/mol. The lowest BCUT2D eigenvalue weighted by atomic mass is 9.90. The van der Waals surface area contributed by atoms with Crippen molar-refractivity contribution in [1.82, 2.24) is 5.32 Å². The summed E-state index contributed by atoms with van der Waals surface area (Å²) in [5, 5.41) is 11.4. The number of carboxylic acid groups (broad SMARTS) is 1. The van der Waals surface area contributed by atoms with E-state index in [1.165, 1.54) is 0 Å². The molecule has 0 aromatic heterocycles. The zero-order valence-electron chi connectivity index (χ0n) is 12.4. The molecule has 0 saturated heterocycles. The Balaban J connectivity index is 4.09. The minimum absolute atomic E-state index is 0.0227. The van der Waals surface area contributed by atoms with E-state index in [0.29, 0.717) is 6.42 Å². The van der Waals surface area contributed by atoms with Gasteiger partial charge in [-0.3, -0.25) is 9.59 Å². The van der Waals surface area contributed by atoms with E-state index < -0.39 is 32.9 Å². The number of carbonyl (C=O) groups is 2. The lowest BCUT2D eigenvalue weighted by molar-refractivity contribution is -0.147. The molecule has 0 spiro atoms. The first-order chi connectivity index (χ1) is 9.10. The number of hydrogen-bond acceptors (Lipinski definition) is 4. The van der Waals surface area contributed by atoms with Gasteiger partial charge in [0.2, 0.25) is 5.91 Å². The van der Waals surface area contributed by atoms with Gasteiger partial charge in [0.25, 0.3) is 0 Å². The molecule has 118 valence electrons. The summed E-state index contributed by atoms with van der Waals surface area (Å²) in [6, 6.07) is 0. The maximum absolute atomic E-state index is 11.6. The van der Waals surface area contributed by atoms with Gasteiger partial charge in [-0.15, -0.1) is 0 Å². The highest BCUT2D eigenvalue weighted by Crippen LogP contribution is 2.19. The normalized spacial score (nSPS) is 12.2. The summed E-state index contributed by atoms with van der Waals surface area (Å²) in [6.07, 6.45) is 2.57. The number of unbranched alkanes of at least 4 members (excludes halogenated alkanes) is 2. The summed E-state index contributed by atoms with van der Waals surface area (Å²) in [4.78, 5) is 22.4. The summed E-state index contributed by atoms with van der Waals surface area (Å²) in [7, 11) is -3.36. The van der Waals surface area contributed by atoms with Crippen LogP contribution in [0.25, 0.3) is 0 Å². The minimum atomic E-state index is -3.36. The van der Waals surface area contributed by atoms with Gasteiger partial charge < -0.3 is 10.4 Å². The van der Waals surface area contributed by atoms with E-state index in [2.05, 4.69) is 5.32 Å². The van der Waals surface area contributed by atoms with Crippen LogP contribution in [0, 0.1) is 5.41 Å². The van der Waals surface area contributed by atoms with Crippen LogP contribution >= 0.6 is 0 Å². The molecule has 0 radical (unpaired) electrons. The van der Waals surface area contributed by atoms with Gasteiger partial charge in [-0.2, -0.15) is 0 Å². The fourth-order valence-electron chi connectivity index (χ4n) is 1.52. The second kappa shape index (κ2) is 8.24. The summed E-state index contributed by atoms with van der Waals surface area (Å²) >= 11 is 0. The van der Waals surface area contributed by atoms with E-state index in [4.69, 9.17) is 5.11 Å². The lowest BCUT2D eigenvalue weighted by Crippen LogP contribution is -2.35. The van der Waals surface area contributed by atoms with E-state index in [0.717, 1.165) is 12.8 Å². The third-order valence-corrected chi connectivity index (χ3v) is 4.67. The number of carbonyl (C=O) groups excluding carboxylic acids is 1. The zero-order valence-corrected chi connectivity index (χ0v) is 13.3. The van der Waals surface area contributed by atoms with E-state index in [1.54, 1.807) is 13.8 Å². The van der Waals surface area contributed by atoms with Crippen LogP contribution < -0.4 is 5.32 Å². The molecule has 0 atom stereocenters. The fraction of sp³-hybridized carbons (Fsp3) is 0.846. The molecule has 0 heterocycles. The predicted octanol–water partition coefficient (Wildman–Crippen LogP) is 1.21. The number of aliphatic carboxylic acids is 1. The van der Waals surface area contributed by atoms with Crippen molar-refractivity contribution in [2.24, 2.45) is 5.41 Å². The second-order valence-corrected chi connectivity index (χ2v) is 7.77. The number of hydrogen-bond donors (Lipinski definition) is 2. The van der Waals surface area contributed by atoms with E-state index in [-0.39, 0.29) is 18.7 Å². The van der Waals surface area contributed by atoms with Crippen molar-refractivity contribution in [3.05, 3.63) is 0 Å². The number of nitrogens with one attached hydrogen (secondary N) is 1. The standard InChI is InChI=1S/C13H25NO5S/c1-4-5-6-9-20(18,19)10-11(15)14-8-7-13(2,3)12(16)17/h4-10H2,1-3H3,(H,14,15)(H,16,17). The molecule has 2 N–H and O–H groups in total. The van der Waals surface area contributed by atoms with Crippen LogP contribution in [0.5, 0.6) is 0 Å². The molecule has 0 bridgehead atoms.